The lowest BCUT2D eigenvalue weighted by Crippen LogP contribution is -2.23. The zero-order chi connectivity index (χ0) is 17.4. The van der Waals surface area contributed by atoms with Gasteiger partial charge in [-0.1, -0.05) is 45.0 Å². The lowest BCUT2D eigenvalue weighted by atomic mass is 9.85. The van der Waals surface area contributed by atoms with Crippen molar-refractivity contribution in [3.63, 3.8) is 0 Å². The van der Waals surface area contributed by atoms with E-state index in [4.69, 9.17) is 5.21 Å². The van der Waals surface area contributed by atoms with Crippen LogP contribution in [0.1, 0.15) is 55.1 Å². The van der Waals surface area contributed by atoms with Gasteiger partial charge < -0.3 is 5.32 Å². The van der Waals surface area contributed by atoms with Gasteiger partial charge in [0.1, 0.15) is 0 Å². The van der Waals surface area contributed by atoms with Crippen LogP contribution in [0.15, 0.2) is 36.7 Å². The highest BCUT2D eigenvalue weighted by molar-refractivity contribution is 5.92. The van der Waals surface area contributed by atoms with Crippen molar-refractivity contribution in [3.05, 3.63) is 53.3 Å². The number of anilines is 1. The first-order chi connectivity index (χ1) is 11.3. The molecule has 1 aliphatic carbocycles. The minimum Gasteiger partial charge on any atom is -0.345 e. The van der Waals surface area contributed by atoms with Crippen LogP contribution in [0.5, 0.6) is 0 Å². The first-order valence-corrected chi connectivity index (χ1v) is 8.00. The standard InChI is InChI=1S/C18H22N4O2/c1-17(2,3)13-5-4-6-14(9-13)18(7-8-18)21-16-19-10-12(11-20-16)15(23)22-24/h4-6,9-11,24H,7-8H2,1-3H3,(H,22,23)(H,19,20,21). The number of hydrogen-bond acceptors (Lipinski definition) is 5. The van der Waals surface area contributed by atoms with E-state index in [9.17, 15) is 4.79 Å². The van der Waals surface area contributed by atoms with Gasteiger partial charge in [-0.25, -0.2) is 15.4 Å². The minimum absolute atomic E-state index is 0.0991. The first-order valence-electron chi connectivity index (χ1n) is 8.00. The van der Waals surface area contributed by atoms with E-state index in [1.807, 2.05) is 0 Å². The summed E-state index contributed by atoms with van der Waals surface area (Å²) in [6.45, 7) is 6.60. The van der Waals surface area contributed by atoms with Crippen molar-refractivity contribution < 1.29 is 10.0 Å². The third-order valence-electron chi connectivity index (χ3n) is 4.40. The molecule has 1 aromatic heterocycles. The van der Waals surface area contributed by atoms with Crippen molar-refractivity contribution in [3.8, 4) is 0 Å². The maximum absolute atomic E-state index is 11.3. The Morgan fingerprint density at radius 2 is 1.88 bits per heavy atom. The fourth-order valence-electron chi connectivity index (χ4n) is 2.68. The lowest BCUT2D eigenvalue weighted by molar-refractivity contribution is 0.0705. The van der Waals surface area contributed by atoms with Gasteiger partial charge in [-0.2, -0.15) is 0 Å². The molecule has 6 heteroatoms. The largest absolute Gasteiger partial charge is 0.345 e. The van der Waals surface area contributed by atoms with Crippen molar-refractivity contribution in [2.24, 2.45) is 0 Å². The molecule has 1 aliphatic rings. The number of carbonyl (C=O) groups is 1. The maximum Gasteiger partial charge on any atom is 0.277 e. The molecule has 0 saturated heterocycles. The highest BCUT2D eigenvalue weighted by atomic mass is 16.5. The molecule has 2 aromatic rings. The Balaban J connectivity index is 1.81. The summed E-state index contributed by atoms with van der Waals surface area (Å²) in [5, 5.41) is 12.0. The Morgan fingerprint density at radius 1 is 1.21 bits per heavy atom. The highest BCUT2D eigenvalue weighted by Gasteiger charge is 2.45. The molecule has 3 rings (SSSR count). The van der Waals surface area contributed by atoms with Crippen LogP contribution >= 0.6 is 0 Å². The number of rotatable bonds is 4. The number of nitrogens with one attached hydrogen (secondary N) is 2. The van der Waals surface area contributed by atoms with E-state index in [1.54, 1.807) is 5.48 Å². The van der Waals surface area contributed by atoms with Crippen molar-refractivity contribution in [1.29, 1.82) is 0 Å². The Morgan fingerprint density at radius 3 is 2.42 bits per heavy atom. The molecule has 0 spiro atoms. The van der Waals surface area contributed by atoms with Gasteiger partial charge in [0.25, 0.3) is 5.91 Å². The summed E-state index contributed by atoms with van der Waals surface area (Å²) in [6.07, 6.45) is 4.82. The van der Waals surface area contributed by atoms with Gasteiger partial charge in [0.2, 0.25) is 5.95 Å². The number of carbonyl (C=O) groups excluding carboxylic acids is 1. The molecule has 0 bridgehead atoms. The second kappa shape index (κ2) is 5.87. The number of hydroxylamine groups is 1. The molecule has 126 valence electrons. The smallest absolute Gasteiger partial charge is 0.277 e. The second-order valence-electron chi connectivity index (χ2n) is 7.27. The molecule has 0 aliphatic heterocycles. The summed E-state index contributed by atoms with van der Waals surface area (Å²) in [6, 6.07) is 8.61. The quantitative estimate of drug-likeness (QED) is 0.594. The summed E-state index contributed by atoms with van der Waals surface area (Å²) >= 11 is 0. The molecule has 1 aromatic carbocycles. The molecular formula is C18H22N4O2. The van der Waals surface area contributed by atoms with Crippen LogP contribution in [0.4, 0.5) is 5.95 Å². The summed E-state index contributed by atoms with van der Waals surface area (Å²) < 4.78 is 0. The Kier molecular flexibility index (Phi) is 4.01. The maximum atomic E-state index is 11.3. The lowest BCUT2D eigenvalue weighted by Gasteiger charge is -2.23. The van der Waals surface area contributed by atoms with Crippen LogP contribution in [-0.2, 0) is 11.0 Å². The van der Waals surface area contributed by atoms with Crippen LogP contribution < -0.4 is 10.8 Å². The zero-order valence-corrected chi connectivity index (χ0v) is 14.1. The van der Waals surface area contributed by atoms with Gasteiger partial charge >= 0.3 is 0 Å². The molecule has 0 atom stereocenters. The van der Waals surface area contributed by atoms with E-state index in [0.717, 1.165) is 12.8 Å². The van der Waals surface area contributed by atoms with Gasteiger partial charge in [0, 0.05) is 12.4 Å². The number of benzene rings is 1. The molecule has 3 N–H and O–H groups in total. The second-order valence-corrected chi connectivity index (χ2v) is 7.27. The minimum atomic E-state index is -0.624. The van der Waals surface area contributed by atoms with Gasteiger partial charge in [0.15, 0.2) is 0 Å². The first kappa shape index (κ1) is 16.4. The van der Waals surface area contributed by atoms with Crippen molar-refractivity contribution >= 4 is 11.9 Å². The number of hydrogen-bond donors (Lipinski definition) is 3. The van der Waals surface area contributed by atoms with Gasteiger partial charge in [0.05, 0.1) is 11.1 Å². The molecule has 24 heavy (non-hydrogen) atoms. The van der Waals surface area contributed by atoms with E-state index in [1.165, 1.54) is 23.5 Å². The summed E-state index contributed by atoms with van der Waals surface area (Å²) in [4.78, 5) is 19.7. The number of nitrogens with zero attached hydrogens (tertiary/aromatic N) is 2. The molecule has 0 unspecified atom stereocenters. The fraction of sp³-hybridized carbons (Fsp3) is 0.389. The fourth-order valence-corrected chi connectivity index (χ4v) is 2.68. The van der Waals surface area contributed by atoms with E-state index in [2.05, 4.69) is 60.3 Å². The van der Waals surface area contributed by atoms with Gasteiger partial charge in [-0.15, -0.1) is 0 Å². The highest BCUT2D eigenvalue weighted by Crippen LogP contribution is 2.48. The van der Waals surface area contributed by atoms with Crippen LogP contribution in [0.25, 0.3) is 0 Å². The molecule has 6 nitrogen and oxygen atoms in total. The number of amides is 1. The van der Waals surface area contributed by atoms with E-state index in [0.29, 0.717) is 5.95 Å². The average molecular weight is 326 g/mol. The zero-order valence-electron chi connectivity index (χ0n) is 14.1. The van der Waals surface area contributed by atoms with E-state index < -0.39 is 5.91 Å². The summed E-state index contributed by atoms with van der Waals surface area (Å²) in [7, 11) is 0. The van der Waals surface area contributed by atoms with Crippen LogP contribution in [-0.4, -0.2) is 21.1 Å². The molecule has 1 fully saturated rings. The van der Waals surface area contributed by atoms with E-state index in [-0.39, 0.29) is 16.5 Å². The third kappa shape index (κ3) is 3.23. The molecule has 0 radical (unpaired) electrons. The van der Waals surface area contributed by atoms with Crippen molar-refractivity contribution in [2.75, 3.05) is 5.32 Å². The Bertz CT molecular complexity index is 746. The van der Waals surface area contributed by atoms with Crippen molar-refractivity contribution in [1.82, 2.24) is 15.4 Å². The van der Waals surface area contributed by atoms with Gasteiger partial charge in [-0.05, 0) is 29.4 Å². The monoisotopic (exact) mass is 326 g/mol. The normalized spacial score (nSPS) is 15.7. The molecule has 1 amide bonds. The Hall–Kier alpha value is -2.47. The molecular weight excluding hydrogens is 304 g/mol. The topological polar surface area (TPSA) is 87.1 Å². The number of aromatic nitrogens is 2. The van der Waals surface area contributed by atoms with Gasteiger partial charge in [-0.3, -0.25) is 10.0 Å². The summed E-state index contributed by atoms with van der Waals surface area (Å²) in [5.74, 6) is -0.149. The SMILES string of the molecule is CC(C)(C)c1cccc(C2(Nc3ncc(C(=O)NO)cn3)CC2)c1. The van der Waals surface area contributed by atoms with Crippen LogP contribution in [0.2, 0.25) is 0 Å². The third-order valence-corrected chi connectivity index (χ3v) is 4.40. The van der Waals surface area contributed by atoms with Crippen LogP contribution in [0, 0.1) is 0 Å². The predicted molar refractivity (Wildman–Crippen MR) is 91.0 cm³/mol. The Labute approximate surface area is 141 Å². The van der Waals surface area contributed by atoms with Crippen molar-refractivity contribution in [2.45, 2.75) is 44.6 Å². The molecule has 1 heterocycles. The van der Waals surface area contributed by atoms with E-state index >= 15 is 0 Å². The molecule has 1 saturated carbocycles. The average Bonchev–Trinajstić information content (AvgIpc) is 3.35. The van der Waals surface area contributed by atoms with Crippen LogP contribution in [0.3, 0.4) is 0 Å². The summed E-state index contributed by atoms with van der Waals surface area (Å²) in [5.41, 5.74) is 4.27. The predicted octanol–water partition coefficient (Wildman–Crippen LogP) is 2.99.